The van der Waals surface area contributed by atoms with Crippen molar-refractivity contribution in [3.8, 4) is 0 Å². The maximum absolute atomic E-state index is 13.2. The molecule has 0 aliphatic heterocycles. The number of carbonyl (C=O) groups is 2. The lowest BCUT2D eigenvalue weighted by Crippen LogP contribution is -2.50. The van der Waals surface area contributed by atoms with Gasteiger partial charge in [0.1, 0.15) is 6.04 Å². The highest BCUT2D eigenvalue weighted by atomic mass is 35.5. The second-order valence-corrected chi connectivity index (χ2v) is 9.01. The van der Waals surface area contributed by atoms with E-state index in [0.29, 0.717) is 27.2 Å². The van der Waals surface area contributed by atoms with E-state index in [1.54, 1.807) is 42.2 Å². The number of nitrogens with one attached hydrogen (secondary N) is 1. The molecule has 0 spiro atoms. The molecule has 0 bridgehead atoms. The van der Waals surface area contributed by atoms with Gasteiger partial charge in [0.05, 0.1) is 6.42 Å². The van der Waals surface area contributed by atoms with Gasteiger partial charge in [-0.1, -0.05) is 65.8 Å². The van der Waals surface area contributed by atoms with Gasteiger partial charge in [-0.3, -0.25) is 9.59 Å². The molecule has 2 aromatic rings. The SMILES string of the molecule is C[C@@H](C(=O)NC1CCCC1)N(Cc1ccc(Cl)cc1)C(=O)Cc1ccc(Cl)cc1Cl. The zero-order valence-electron chi connectivity index (χ0n) is 16.8. The molecule has 0 unspecified atom stereocenters. The Hall–Kier alpha value is -1.75. The van der Waals surface area contributed by atoms with Gasteiger partial charge in [0.25, 0.3) is 0 Å². The number of carbonyl (C=O) groups excluding carboxylic acids is 2. The molecule has 3 rings (SSSR count). The van der Waals surface area contributed by atoms with E-state index in [0.717, 1.165) is 31.2 Å². The minimum Gasteiger partial charge on any atom is -0.352 e. The highest BCUT2D eigenvalue weighted by molar-refractivity contribution is 6.35. The predicted molar refractivity (Wildman–Crippen MR) is 122 cm³/mol. The number of benzene rings is 2. The fourth-order valence-corrected chi connectivity index (χ4v) is 4.29. The molecule has 1 atom stereocenters. The van der Waals surface area contributed by atoms with Gasteiger partial charge in [-0.2, -0.15) is 0 Å². The molecule has 1 aliphatic carbocycles. The summed E-state index contributed by atoms with van der Waals surface area (Å²) in [7, 11) is 0. The van der Waals surface area contributed by atoms with Gasteiger partial charge < -0.3 is 10.2 Å². The summed E-state index contributed by atoms with van der Waals surface area (Å²) in [5.41, 5.74) is 1.58. The van der Waals surface area contributed by atoms with Crippen molar-refractivity contribution in [3.63, 3.8) is 0 Å². The average Bonchev–Trinajstić information content (AvgIpc) is 3.22. The first kappa shape index (κ1) is 22.9. The number of nitrogens with zero attached hydrogens (tertiary/aromatic N) is 1. The summed E-state index contributed by atoms with van der Waals surface area (Å²) in [6.07, 6.45) is 4.32. The maximum Gasteiger partial charge on any atom is 0.242 e. The van der Waals surface area contributed by atoms with E-state index in [9.17, 15) is 9.59 Å². The minimum atomic E-state index is -0.611. The van der Waals surface area contributed by atoms with Crippen LogP contribution in [0.5, 0.6) is 0 Å². The number of hydrogen-bond acceptors (Lipinski definition) is 2. The van der Waals surface area contributed by atoms with Gasteiger partial charge in [-0.25, -0.2) is 0 Å². The molecule has 1 saturated carbocycles. The van der Waals surface area contributed by atoms with Crippen LogP contribution in [0.4, 0.5) is 0 Å². The largest absolute Gasteiger partial charge is 0.352 e. The Labute approximate surface area is 192 Å². The van der Waals surface area contributed by atoms with Crippen LogP contribution in [0.25, 0.3) is 0 Å². The van der Waals surface area contributed by atoms with Crippen LogP contribution in [0.1, 0.15) is 43.7 Å². The van der Waals surface area contributed by atoms with Crippen molar-refractivity contribution < 1.29 is 9.59 Å². The zero-order valence-corrected chi connectivity index (χ0v) is 19.1. The van der Waals surface area contributed by atoms with Crippen LogP contribution in [0.3, 0.4) is 0 Å². The van der Waals surface area contributed by atoms with Crippen LogP contribution in [0.2, 0.25) is 15.1 Å². The third kappa shape index (κ3) is 6.13. The second-order valence-electron chi connectivity index (χ2n) is 7.73. The number of amides is 2. The average molecular weight is 468 g/mol. The standard InChI is InChI=1S/C23H25Cl3N2O2/c1-15(23(30)27-20-4-2-3-5-20)28(14-16-6-9-18(24)10-7-16)22(29)12-17-8-11-19(25)13-21(17)26/h6-11,13,15,20H,2-5,12,14H2,1H3,(H,27,30)/t15-/m0/s1. The van der Waals surface area contributed by atoms with Gasteiger partial charge in [0, 0.05) is 27.7 Å². The van der Waals surface area contributed by atoms with Gasteiger partial charge in [-0.05, 0) is 55.2 Å². The second kappa shape index (κ2) is 10.5. The highest BCUT2D eigenvalue weighted by Gasteiger charge is 2.28. The normalized spacial score (nSPS) is 15.1. The van der Waals surface area contributed by atoms with Crippen LogP contribution in [-0.2, 0) is 22.6 Å². The van der Waals surface area contributed by atoms with Crippen LogP contribution in [0, 0.1) is 0 Å². The molecule has 0 radical (unpaired) electrons. The number of rotatable bonds is 7. The van der Waals surface area contributed by atoms with E-state index in [1.165, 1.54) is 0 Å². The van der Waals surface area contributed by atoms with E-state index in [4.69, 9.17) is 34.8 Å². The molecular weight excluding hydrogens is 443 g/mol. The maximum atomic E-state index is 13.2. The van der Waals surface area contributed by atoms with E-state index in [2.05, 4.69) is 5.32 Å². The summed E-state index contributed by atoms with van der Waals surface area (Å²) in [5.74, 6) is -0.310. The molecule has 1 fully saturated rings. The third-order valence-electron chi connectivity index (χ3n) is 5.49. The summed E-state index contributed by atoms with van der Waals surface area (Å²) in [6, 6.07) is 11.9. The van der Waals surface area contributed by atoms with Crippen molar-refractivity contribution in [1.29, 1.82) is 0 Å². The Bertz CT molecular complexity index is 896. The van der Waals surface area contributed by atoms with Crippen LogP contribution >= 0.6 is 34.8 Å². The fourth-order valence-electron chi connectivity index (χ4n) is 3.69. The van der Waals surface area contributed by atoms with Crippen molar-refractivity contribution in [2.45, 2.75) is 57.7 Å². The Kier molecular flexibility index (Phi) is 8.04. The molecule has 1 N–H and O–H groups in total. The molecule has 2 amide bonds. The lowest BCUT2D eigenvalue weighted by molar-refractivity contribution is -0.140. The molecule has 0 heterocycles. The van der Waals surface area contributed by atoms with Gasteiger partial charge in [0.2, 0.25) is 11.8 Å². The molecule has 1 aliphatic rings. The molecule has 4 nitrogen and oxygen atoms in total. The monoisotopic (exact) mass is 466 g/mol. The van der Waals surface area contributed by atoms with Crippen molar-refractivity contribution >= 4 is 46.6 Å². The van der Waals surface area contributed by atoms with Crippen molar-refractivity contribution in [2.75, 3.05) is 0 Å². The van der Waals surface area contributed by atoms with Crippen molar-refractivity contribution in [3.05, 3.63) is 68.7 Å². The Morgan fingerprint density at radius 1 is 1.03 bits per heavy atom. The number of halogens is 3. The Balaban J connectivity index is 1.78. The molecule has 7 heteroatoms. The molecule has 0 aromatic heterocycles. The van der Waals surface area contributed by atoms with Gasteiger partial charge in [0.15, 0.2) is 0 Å². The molecule has 0 saturated heterocycles. The molecular formula is C23H25Cl3N2O2. The van der Waals surface area contributed by atoms with E-state index >= 15 is 0 Å². The summed E-state index contributed by atoms with van der Waals surface area (Å²) in [5, 5.41) is 4.66. The first-order valence-electron chi connectivity index (χ1n) is 10.1. The zero-order chi connectivity index (χ0) is 21.7. The summed E-state index contributed by atoms with van der Waals surface area (Å²) >= 11 is 18.2. The highest BCUT2D eigenvalue weighted by Crippen LogP contribution is 2.23. The smallest absolute Gasteiger partial charge is 0.242 e. The van der Waals surface area contributed by atoms with Gasteiger partial charge in [-0.15, -0.1) is 0 Å². The molecule has 160 valence electrons. The lowest BCUT2D eigenvalue weighted by Gasteiger charge is -2.30. The minimum absolute atomic E-state index is 0.0879. The van der Waals surface area contributed by atoms with Crippen molar-refractivity contribution in [1.82, 2.24) is 10.2 Å². The summed E-state index contributed by atoms with van der Waals surface area (Å²) < 4.78 is 0. The summed E-state index contributed by atoms with van der Waals surface area (Å²) in [6.45, 7) is 2.07. The quantitative estimate of drug-likeness (QED) is 0.571. The lowest BCUT2D eigenvalue weighted by atomic mass is 10.1. The molecule has 2 aromatic carbocycles. The first-order chi connectivity index (χ1) is 14.3. The van der Waals surface area contributed by atoms with E-state index in [-0.39, 0.29) is 24.3 Å². The van der Waals surface area contributed by atoms with E-state index < -0.39 is 6.04 Å². The van der Waals surface area contributed by atoms with E-state index in [1.807, 2.05) is 12.1 Å². The first-order valence-corrected chi connectivity index (χ1v) is 11.2. The summed E-state index contributed by atoms with van der Waals surface area (Å²) in [4.78, 5) is 27.7. The van der Waals surface area contributed by atoms with Crippen LogP contribution < -0.4 is 5.32 Å². The van der Waals surface area contributed by atoms with Gasteiger partial charge >= 0.3 is 0 Å². The van der Waals surface area contributed by atoms with Crippen LogP contribution in [0.15, 0.2) is 42.5 Å². The third-order valence-corrected chi connectivity index (χ3v) is 6.33. The Morgan fingerprint density at radius 2 is 1.67 bits per heavy atom. The van der Waals surface area contributed by atoms with Crippen LogP contribution in [-0.4, -0.2) is 28.8 Å². The number of hydrogen-bond donors (Lipinski definition) is 1. The molecule has 30 heavy (non-hydrogen) atoms. The van der Waals surface area contributed by atoms with Crippen molar-refractivity contribution in [2.24, 2.45) is 0 Å². The fraction of sp³-hybridized carbons (Fsp3) is 0.391. The predicted octanol–water partition coefficient (Wildman–Crippen LogP) is 5.67. The Morgan fingerprint density at radius 3 is 2.30 bits per heavy atom. The topological polar surface area (TPSA) is 49.4 Å².